The second-order valence-corrected chi connectivity index (χ2v) is 8.01. The van der Waals surface area contributed by atoms with Gasteiger partial charge in [0.15, 0.2) is 5.13 Å². The molecule has 3 amide bonds. The van der Waals surface area contributed by atoms with Crippen LogP contribution >= 0.6 is 11.3 Å². The largest absolute Gasteiger partial charge is 0.480 e. The van der Waals surface area contributed by atoms with Crippen molar-refractivity contribution < 1.29 is 23.9 Å². The fourth-order valence-corrected chi connectivity index (χ4v) is 4.20. The molecule has 0 radical (unpaired) electrons. The lowest BCUT2D eigenvalue weighted by Gasteiger charge is -2.35. The standard InChI is InChI=1S/C20H18FN5O4S/c1-26-14(18(28)29)9-22-16(17(26)27)10-2-7-13-15(8-10)31-20(24-13)25-19(30)23-12-5-3-11(21)4-6-12/h2-8,14,16,22H,9H2,1H3,(H,28,29)(H2,23,24,25,30)/t14-,16?/m1/s1. The quantitative estimate of drug-likeness (QED) is 0.492. The Morgan fingerprint density at radius 3 is 2.68 bits per heavy atom. The van der Waals surface area contributed by atoms with Crippen LogP contribution < -0.4 is 16.0 Å². The van der Waals surface area contributed by atoms with Crippen molar-refractivity contribution in [1.82, 2.24) is 15.2 Å². The highest BCUT2D eigenvalue weighted by atomic mass is 32.1. The average Bonchev–Trinajstić information content (AvgIpc) is 3.12. The van der Waals surface area contributed by atoms with E-state index < -0.39 is 29.9 Å². The molecule has 1 aromatic heterocycles. The Labute approximate surface area is 179 Å². The number of amides is 3. The minimum Gasteiger partial charge on any atom is -0.480 e. The topological polar surface area (TPSA) is 124 Å². The van der Waals surface area contributed by atoms with Gasteiger partial charge in [0.2, 0.25) is 5.91 Å². The molecule has 0 spiro atoms. The number of carboxylic acids is 1. The number of likely N-dealkylation sites (N-methyl/N-ethyl adjacent to an activating group) is 1. The summed E-state index contributed by atoms with van der Waals surface area (Å²) in [6.45, 7) is 0.138. The summed E-state index contributed by atoms with van der Waals surface area (Å²) in [4.78, 5) is 41.6. The van der Waals surface area contributed by atoms with Crippen LogP contribution in [0.1, 0.15) is 11.6 Å². The van der Waals surface area contributed by atoms with Gasteiger partial charge < -0.3 is 15.3 Å². The highest BCUT2D eigenvalue weighted by Crippen LogP contribution is 2.30. The van der Waals surface area contributed by atoms with Gasteiger partial charge in [-0.15, -0.1) is 0 Å². The number of carboxylic acid groups (broad SMARTS) is 1. The molecule has 0 bridgehead atoms. The van der Waals surface area contributed by atoms with Crippen molar-refractivity contribution in [3.8, 4) is 0 Å². The van der Waals surface area contributed by atoms with E-state index in [0.29, 0.717) is 21.9 Å². The van der Waals surface area contributed by atoms with Crippen LogP contribution in [0.5, 0.6) is 0 Å². The first-order valence-corrected chi connectivity index (χ1v) is 10.1. The first kappa shape index (κ1) is 20.7. The number of carbonyl (C=O) groups excluding carboxylic acids is 2. The fourth-order valence-electron chi connectivity index (χ4n) is 3.29. The molecule has 9 nitrogen and oxygen atoms in total. The number of aromatic nitrogens is 1. The monoisotopic (exact) mass is 443 g/mol. The minimum absolute atomic E-state index is 0.138. The maximum absolute atomic E-state index is 13.0. The molecule has 0 saturated carbocycles. The van der Waals surface area contributed by atoms with Gasteiger partial charge in [0.05, 0.1) is 10.2 Å². The SMILES string of the molecule is CN1C(=O)C(c2ccc3nc(NC(=O)Nc4ccc(F)cc4)sc3c2)NC[C@@H]1C(=O)O. The maximum Gasteiger partial charge on any atom is 0.327 e. The number of hydrogen-bond donors (Lipinski definition) is 4. The summed E-state index contributed by atoms with van der Waals surface area (Å²) in [6, 6.07) is 8.56. The Morgan fingerprint density at radius 2 is 1.97 bits per heavy atom. The predicted molar refractivity (Wildman–Crippen MR) is 114 cm³/mol. The molecular formula is C20H18FN5O4S. The highest BCUT2D eigenvalue weighted by molar-refractivity contribution is 7.22. The van der Waals surface area contributed by atoms with E-state index in [4.69, 9.17) is 0 Å². The van der Waals surface area contributed by atoms with E-state index in [1.807, 2.05) is 0 Å². The highest BCUT2D eigenvalue weighted by Gasteiger charge is 2.37. The van der Waals surface area contributed by atoms with Gasteiger partial charge >= 0.3 is 12.0 Å². The van der Waals surface area contributed by atoms with Gasteiger partial charge in [-0.05, 0) is 42.0 Å². The Morgan fingerprint density at radius 1 is 1.23 bits per heavy atom. The Kier molecular flexibility index (Phi) is 5.53. The number of thiazole rings is 1. The van der Waals surface area contributed by atoms with Gasteiger partial charge in [0, 0.05) is 19.3 Å². The van der Waals surface area contributed by atoms with Gasteiger partial charge in [0.1, 0.15) is 17.9 Å². The van der Waals surface area contributed by atoms with Gasteiger partial charge in [-0.1, -0.05) is 17.4 Å². The zero-order chi connectivity index (χ0) is 22.1. The molecular weight excluding hydrogens is 425 g/mol. The van der Waals surface area contributed by atoms with Crippen LogP contribution in [-0.2, 0) is 9.59 Å². The first-order valence-electron chi connectivity index (χ1n) is 9.29. The third kappa shape index (κ3) is 4.32. The number of anilines is 2. The second kappa shape index (κ2) is 8.28. The van der Waals surface area contributed by atoms with Gasteiger partial charge in [0.25, 0.3) is 0 Å². The number of halogens is 1. The number of piperazine rings is 1. The molecule has 3 aromatic rings. The molecule has 31 heavy (non-hydrogen) atoms. The zero-order valence-electron chi connectivity index (χ0n) is 16.3. The molecule has 160 valence electrons. The number of nitrogens with one attached hydrogen (secondary N) is 3. The summed E-state index contributed by atoms with van der Waals surface area (Å²) in [5.74, 6) is -1.79. The number of benzene rings is 2. The van der Waals surface area contributed by atoms with Crippen LogP contribution in [0.25, 0.3) is 10.2 Å². The van der Waals surface area contributed by atoms with Crippen molar-refractivity contribution in [2.45, 2.75) is 12.1 Å². The van der Waals surface area contributed by atoms with Crippen molar-refractivity contribution in [3.63, 3.8) is 0 Å². The number of aliphatic carboxylic acids is 1. The van der Waals surface area contributed by atoms with Crippen LogP contribution in [0.15, 0.2) is 42.5 Å². The van der Waals surface area contributed by atoms with E-state index in [0.717, 1.165) is 4.70 Å². The van der Waals surface area contributed by atoms with Crippen LogP contribution in [0.4, 0.5) is 20.0 Å². The molecule has 4 rings (SSSR count). The summed E-state index contributed by atoms with van der Waals surface area (Å²) < 4.78 is 13.7. The summed E-state index contributed by atoms with van der Waals surface area (Å²) in [5, 5.41) is 17.8. The van der Waals surface area contributed by atoms with E-state index in [1.54, 1.807) is 18.2 Å². The number of carbonyl (C=O) groups is 3. The molecule has 1 aliphatic rings. The molecule has 1 fully saturated rings. The second-order valence-electron chi connectivity index (χ2n) is 6.98. The maximum atomic E-state index is 13.0. The minimum atomic E-state index is -1.06. The molecule has 2 atom stereocenters. The van der Waals surface area contributed by atoms with E-state index >= 15 is 0 Å². The van der Waals surface area contributed by atoms with Crippen molar-refractivity contribution in [2.24, 2.45) is 0 Å². The molecule has 4 N–H and O–H groups in total. The number of fused-ring (bicyclic) bond motifs is 1. The Hall–Kier alpha value is -3.57. The van der Waals surface area contributed by atoms with Crippen molar-refractivity contribution in [1.29, 1.82) is 0 Å². The average molecular weight is 443 g/mol. The van der Waals surface area contributed by atoms with Gasteiger partial charge in [-0.3, -0.25) is 15.4 Å². The lowest BCUT2D eigenvalue weighted by Crippen LogP contribution is -2.57. The smallest absolute Gasteiger partial charge is 0.327 e. The third-order valence-electron chi connectivity index (χ3n) is 4.93. The summed E-state index contributed by atoms with van der Waals surface area (Å²) in [6.07, 6.45) is 0. The van der Waals surface area contributed by atoms with Gasteiger partial charge in [-0.25, -0.2) is 19.0 Å². The lowest BCUT2D eigenvalue weighted by molar-refractivity contribution is -0.152. The molecule has 11 heteroatoms. The lowest BCUT2D eigenvalue weighted by atomic mass is 10.0. The van der Waals surface area contributed by atoms with Crippen LogP contribution in [-0.4, -0.2) is 52.5 Å². The Bertz CT molecular complexity index is 1170. The normalized spacial score (nSPS) is 18.8. The molecule has 1 unspecified atom stereocenters. The first-order chi connectivity index (χ1) is 14.8. The van der Waals surface area contributed by atoms with E-state index in [2.05, 4.69) is 20.9 Å². The summed E-state index contributed by atoms with van der Waals surface area (Å²) in [5.41, 5.74) is 1.76. The Balaban J connectivity index is 1.48. The van der Waals surface area contributed by atoms with Crippen LogP contribution in [0, 0.1) is 5.82 Å². The number of rotatable bonds is 4. The van der Waals surface area contributed by atoms with Crippen molar-refractivity contribution in [3.05, 3.63) is 53.8 Å². The summed E-state index contributed by atoms with van der Waals surface area (Å²) >= 11 is 1.23. The van der Waals surface area contributed by atoms with E-state index in [-0.39, 0.29) is 12.5 Å². The molecule has 1 aliphatic heterocycles. The van der Waals surface area contributed by atoms with Gasteiger partial charge in [-0.2, -0.15) is 0 Å². The van der Waals surface area contributed by atoms with Crippen LogP contribution in [0.2, 0.25) is 0 Å². The molecule has 1 saturated heterocycles. The molecule has 2 heterocycles. The zero-order valence-corrected chi connectivity index (χ0v) is 17.1. The summed E-state index contributed by atoms with van der Waals surface area (Å²) in [7, 11) is 1.47. The number of nitrogens with zero attached hydrogens (tertiary/aromatic N) is 2. The number of urea groups is 1. The van der Waals surface area contributed by atoms with Crippen molar-refractivity contribution in [2.75, 3.05) is 24.2 Å². The fraction of sp³-hybridized carbons (Fsp3) is 0.200. The van der Waals surface area contributed by atoms with E-state index in [9.17, 15) is 23.9 Å². The van der Waals surface area contributed by atoms with E-state index in [1.165, 1.54) is 47.5 Å². The predicted octanol–water partition coefficient (Wildman–Crippen LogP) is 2.64. The van der Waals surface area contributed by atoms with Crippen molar-refractivity contribution >= 4 is 50.3 Å². The third-order valence-corrected chi connectivity index (χ3v) is 5.86. The molecule has 2 aromatic carbocycles. The van der Waals surface area contributed by atoms with Crippen LogP contribution in [0.3, 0.4) is 0 Å². The molecule has 0 aliphatic carbocycles. The number of hydrogen-bond acceptors (Lipinski definition) is 6.